The van der Waals surface area contributed by atoms with E-state index in [1.165, 1.54) is 12.1 Å². The minimum atomic E-state index is -2.85. The predicted molar refractivity (Wildman–Crippen MR) is 84.6 cm³/mol. The first-order valence-corrected chi connectivity index (χ1v) is 7.14. The summed E-state index contributed by atoms with van der Waals surface area (Å²) < 4.78 is 28.3. The smallest absolute Gasteiger partial charge is 0.387 e. The van der Waals surface area contributed by atoms with Gasteiger partial charge in [0.1, 0.15) is 5.75 Å². The van der Waals surface area contributed by atoms with E-state index in [9.17, 15) is 13.6 Å². The largest absolute Gasteiger partial charge is 0.435 e. The zero-order chi connectivity index (χ0) is 16.7. The standard InChI is InChI=1S/C17H18F2N2O2/c1-12-4-2-3-5-13(12)10-21-16(22)11-20-14-6-8-15(9-7-14)23-17(18)19/h2-9,17,20H,10-11H2,1H3,(H,21,22). The first-order valence-electron chi connectivity index (χ1n) is 7.14. The van der Waals surface area contributed by atoms with E-state index >= 15 is 0 Å². The van der Waals surface area contributed by atoms with Crippen molar-refractivity contribution in [3.8, 4) is 5.75 Å². The lowest BCUT2D eigenvalue weighted by atomic mass is 10.1. The molecule has 0 fully saturated rings. The summed E-state index contributed by atoms with van der Waals surface area (Å²) in [5, 5.41) is 5.74. The normalized spacial score (nSPS) is 10.4. The van der Waals surface area contributed by atoms with Crippen LogP contribution in [-0.2, 0) is 11.3 Å². The highest BCUT2D eigenvalue weighted by atomic mass is 19.3. The number of anilines is 1. The minimum Gasteiger partial charge on any atom is -0.435 e. The molecule has 4 nitrogen and oxygen atoms in total. The van der Waals surface area contributed by atoms with E-state index < -0.39 is 6.61 Å². The van der Waals surface area contributed by atoms with Gasteiger partial charge in [-0.1, -0.05) is 24.3 Å². The van der Waals surface area contributed by atoms with E-state index in [0.29, 0.717) is 12.2 Å². The lowest BCUT2D eigenvalue weighted by Gasteiger charge is -2.10. The number of nitrogens with one attached hydrogen (secondary N) is 2. The van der Waals surface area contributed by atoms with Crippen molar-refractivity contribution in [1.82, 2.24) is 5.32 Å². The monoisotopic (exact) mass is 320 g/mol. The van der Waals surface area contributed by atoms with Gasteiger partial charge < -0.3 is 15.4 Å². The highest BCUT2D eigenvalue weighted by Gasteiger charge is 2.05. The third-order valence-electron chi connectivity index (χ3n) is 3.27. The Kier molecular flexibility index (Phi) is 5.91. The molecule has 0 bridgehead atoms. The summed E-state index contributed by atoms with van der Waals surface area (Å²) >= 11 is 0. The van der Waals surface area contributed by atoms with Crippen LogP contribution in [0.4, 0.5) is 14.5 Å². The first-order chi connectivity index (χ1) is 11.0. The number of carbonyl (C=O) groups is 1. The molecule has 0 saturated heterocycles. The third kappa shape index (κ3) is 5.58. The number of ether oxygens (including phenoxy) is 1. The molecule has 2 N–H and O–H groups in total. The van der Waals surface area contributed by atoms with Gasteiger partial charge in [0.2, 0.25) is 5.91 Å². The number of rotatable bonds is 7. The van der Waals surface area contributed by atoms with E-state index in [1.54, 1.807) is 12.1 Å². The maximum atomic E-state index is 12.0. The number of carbonyl (C=O) groups excluding carboxylic acids is 1. The average Bonchev–Trinajstić information content (AvgIpc) is 2.53. The second-order valence-corrected chi connectivity index (χ2v) is 4.96. The van der Waals surface area contributed by atoms with Gasteiger partial charge in [0, 0.05) is 12.2 Å². The lowest BCUT2D eigenvalue weighted by molar-refractivity contribution is -0.119. The predicted octanol–water partition coefficient (Wildman–Crippen LogP) is 3.32. The second kappa shape index (κ2) is 8.12. The van der Waals surface area contributed by atoms with E-state index in [2.05, 4.69) is 15.4 Å². The van der Waals surface area contributed by atoms with E-state index in [-0.39, 0.29) is 18.2 Å². The topological polar surface area (TPSA) is 50.4 Å². The number of aryl methyl sites for hydroxylation is 1. The molecule has 0 atom stereocenters. The van der Waals surface area contributed by atoms with Gasteiger partial charge >= 0.3 is 6.61 Å². The van der Waals surface area contributed by atoms with Crippen molar-refractivity contribution in [3.05, 3.63) is 59.7 Å². The molecule has 0 heterocycles. The zero-order valence-corrected chi connectivity index (χ0v) is 12.7. The summed E-state index contributed by atoms with van der Waals surface area (Å²) in [4.78, 5) is 11.8. The summed E-state index contributed by atoms with van der Waals surface area (Å²) in [6, 6.07) is 13.8. The van der Waals surface area contributed by atoms with Gasteiger partial charge in [-0.15, -0.1) is 0 Å². The third-order valence-corrected chi connectivity index (χ3v) is 3.27. The molecule has 0 aromatic heterocycles. The van der Waals surface area contributed by atoms with Crippen molar-refractivity contribution in [3.63, 3.8) is 0 Å². The van der Waals surface area contributed by atoms with Crippen LogP contribution in [0.15, 0.2) is 48.5 Å². The van der Waals surface area contributed by atoms with Gasteiger partial charge in [0.15, 0.2) is 0 Å². The Morgan fingerprint density at radius 2 is 1.83 bits per heavy atom. The summed E-state index contributed by atoms with van der Waals surface area (Å²) in [7, 11) is 0. The molecule has 0 spiro atoms. The van der Waals surface area contributed by atoms with Gasteiger partial charge in [-0.25, -0.2) is 0 Å². The van der Waals surface area contributed by atoms with Crippen LogP contribution in [-0.4, -0.2) is 19.1 Å². The van der Waals surface area contributed by atoms with Crippen LogP contribution in [0, 0.1) is 6.92 Å². The van der Waals surface area contributed by atoms with Crippen LogP contribution < -0.4 is 15.4 Å². The zero-order valence-electron chi connectivity index (χ0n) is 12.7. The Morgan fingerprint density at radius 3 is 2.48 bits per heavy atom. The number of hydrogen-bond donors (Lipinski definition) is 2. The van der Waals surface area contributed by atoms with Gasteiger partial charge in [0.05, 0.1) is 6.54 Å². The van der Waals surface area contributed by atoms with Crippen molar-refractivity contribution < 1.29 is 18.3 Å². The van der Waals surface area contributed by atoms with Crippen molar-refractivity contribution >= 4 is 11.6 Å². The molecule has 0 radical (unpaired) electrons. The van der Waals surface area contributed by atoms with Crippen LogP contribution in [0.5, 0.6) is 5.75 Å². The second-order valence-electron chi connectivity index (χ2n) is 4.96. The fourth-order valence-electron chi connectivity index (χ4n) is 2.00. The Balaban J connectivity index is 1.77. The van der Waals surface area contributed by atoms with Crippen LogP contribution in [0.1, 0.15) is 11.1 Å². The van der Waals surface area contributed by atoms with Gasteiger partial charge in [-0.3, -0.25) is 4.79 Å². The maximum Gasteiger partial charge on any atom is 0.387 e. The summed E-state index contributed by atoms with van der Waals surface area (Å²) in [6.07, 6.45) is 0. The average molecular weight is 320 g/mol. The number of benzene rings is 2. The Hall–Kier alpha value is -2.63. The fraction of sp³-hybridized carbons (Fsp3) is 0.235. The molecule has 0 saturated carbocycles. The molecule has 2 aromatic rings. The first kappa shape index (κ1) is 16.7. The molecule has 1 amide bonds. The summed E-state index contributed by atoms with van der Waals surface area (Å²) in [6.45, 7) is -0.293. The molecule has 122 valence electrons. The van der Waals surface area contributed by atoms with E-state index in [4.69, 9.17) is 0 Å². The van der Waals surface area contributed by atoms with Crippen LogP contribution in [0.3, 0.4) is 0 Å². The SMILES string of the molecule is Cc1ccccc1CNC(=O)CNc1ccc(OC(F)F)cc1. The van der Waals surface area contributed by atoms with E-state index in [0.717, 1.165) is 11.1 Å². The van der Waals surface area contributed by atoms with Crippen molar-refractivity contribution in [2.75, 3.05) is 11.9 Å². The van der Waals surface area contributed by atoms with Crippen molar-refractivity contribution in [2.24, 2.45) is 0 Å². The highest BCUT2D eigenvalue weighted by molar-refractivity contribution is 5.80. The summed E-state index contributed by atoms with van der Waals surface area (Å²) in [5.41, 5.74) is 2.84. The molecular weight excluding hydrogens is 302 g/mol. The van der Waals surface area contributed by atoms with Gasteiger partial charge in [-0.05, 0) is 42.3 Å². The number of hydrogen-bond acceptors (Lipinski definition) is 3. The molecule has 2 aromatic carbocycles. The van der Waals surface area contributed by atoms with Gasteiger partial charge in [0.25, 0.3) is 0 Å². The van der Waals surface area contributed by atoms with Crippen molar-refractivity contribution in [1.29, 1.82) is 0 Å². The molecule has 0 aliphatic heterocycles. The molecule has 6 heteroatoms. The summed E-state index contributed by atoms with van der Waals surface area (Å²) in [5.74, 6) is -0.0734. The Bertz CT molecular complexity index is 645. The van der Waals surface area contributed by atoms with Crippen LogP contribution in [0.25, 0.3) is 0 Å². The molecule has 0 aliphatic carbocycles. The van der Waals surface area contributed by atoms with Crippen LogP contribution in [0.2, 0.25) is 0 Å². The molecule has 0 aliphatic rings. The van der Waals surface area contributed by atoms with Crippen LogP contribution >= 0.6 is 0 Å². The highest BCUT2D eigenvalue weighted by Crippen LogP contribution is 2.17. The quantitative estimate of drug-likeness (QED) is 0.823. The minimum absolute atomic E-state index is 0.0783. The number of amides is 1. The molecular formula is C17H18F2N2O2. The Labute approximate surface area is 133 Å². The Morgan fingerprint density at radius 1 is 1.13 bits per heavy atom. The molecule has 23 heavy (non-hydrogen) atoms. The lowest BCUT2D eigenvalue weighted by Crippen LogP contribution is -2.29. The molecule has 2 rings (SSSR count). The van der Waals surface area contributed by atoms with Gasteiger partial charge in [-0.2, -0.15) is 8.78 Å². The number of halogens is 2. The number of alkyl halides is 2. The fourth-order valence-corrected chi connectivity index (χ4v) is 2.00. The van der Waals surface area contributed by atoms with E-state index in [1.807, 2.05) is 31.2 Å². The van der Waals surface area contributed by atoms with Crippen molar-refractivity contribution in [2.45, 2.75) is 20.1 Å². The molecule has 0 unspecified atom stereocenters. The maximum absolute atomic E-state index is 12.0.